The number of aromatic nitrogens is 1. The smallest absolute Gasteiger partial charge is 0.384 e. The Morgan fingerprint density at radius 3 is 2.53 bits per heavy atom. The zero-order valence-corrected chi connectivity index (χ0v) is 10.1. The van der Waals surface area contributed by atoms with Crippen LogP contribution in [0.5, 0.6) is 0 Å². The number of nitrogens with zero attached hydrogens (tertiary/aromatic N) is 1. The van der Waals surface area contributed by atoms with E-state index in [1.807, 2.05) is 6.07 Å². The third-order valence-corrected chi connectivity index (χ3v) is 2.68. The van der Waals surface area contributed by atoms with Gasteiger partial charge in [0.2, 0.25) is 0 Å². The molecule has 5 heteroatoms. The van der Waals surface area contributed by atoms with E-state index < -0.39 is 11.7 Å². The average Bonchev–Trinajstić information content (AvgIpc) is 2.39. The van der Waals surface area contributed by atoms with E-state index in [0.29, 0.717) is 13.0 Å². The van der Waals surface area contributed by atoms with Gasteiger partial charge in [0.1, 0.15) is 0 Å². The fourth-order valence-corrected chi connectivity index (χ4v) is 1.77. The highest BCUT2D eigenvalue weighted by atomic mass is 19.4. The number of benzene rings is 1. The van der Waals surface area contributed by atoms with Crippen LogP contribution >= 0.6 is 0 Å². The van der Waals surface area contributed by atoms with E-state index in [9.17, 15) is 13.2 Å². The fraction of sp³-hybridized carbons (Fsp3) is 0.214. The molecule has 1 heterocycles. The molecule has 0 radical (unpaired) electrons. The predicted octanol–water partition coefficient (Wildman–Crippen LogP) is 3.76. The Morgan fingerprint density at radius 1 is 1.05 bits per heavy atom. The van der Waals surface area contributed by atoms with Crippen LogP contribution in [0.15, 0.2) is 48.8 Å². The monoisotopic (exact) mass is 266 g/mol. The molecule has 0 fully saturated rings. The molecule has 2 nitrogen and oxygen atoms in total. The van der Waals surface area contributed by atoms with Gasteiger partial charge in [-0.15, -0.1) is 0 Å². The summed E-state index contributed by atoms with van der Waals surface area (Å²) >= 11 is 0. The van der Waals surface area contributed by atoms with Crippen molar-refractivity contribution in [2.24, 2.45) is 0 Å². The average molecular weight is 266 g/mol. The summed E-state index contributed by atoms with van der Waals surface area (Å²) in [6, 6.07) is 9.18. The van der Waals surface area contributed by atoms with Crippen LogP contribution in [0.25, 0.3) is 0 Å². The first-order valence-corrected chi connectivity index (χ1v) is 5.86. The van der Waals surface area contributed by atoms with Crippen molar-refractivity contribution in [2.75, 3.05) is 11.9 Å². The molecule has 0 aliphatic rings. The Balaban J connectivity index is 2.00. The summed E-state index contributed by atoms with van der Waals surface area (Å²) in [5.74, 6) is 0. The molecule has 0 aliphatic heterocycles. The second-order valence-corrected chi connectivity index (χ2v) is 4.08. The molecule has 0 amide bonds. The number of rotatable bonds is 4. The Hall–Kier alpha value is -2.04. The lowest BCUT2D eigenvalue weighted by Crippen LogP contribution is -2.12. The molecule has 0 saturated carbocycles. The highest BCUT2D eigenvalue weighted by Crippen LogP contribution is 2.34. The molecule has 2 aromatic rings. The van der Waals surface area contributed by atoms with E-state index in [4.69, 9.17) is 0 Å². The molecular weight excluding hydrogens is 253 g/mol. The van der Waals surface area contributed by atoms with Crippen LogP contribution in [-0.4, -0.2) is 11.5 Å². The normalized spacial score (nSPS) is 11.3. The number of hydrogen-bond donors (Lipinski definition) is 1. The first kappa shape index (κ1) is 13.4. The predicted molar refractivity (Wildman–Crippen MR) is 67.9 cm³/mol. The summed E-state index contributed by atoms with van der Waals surface area (Å²) in [6.45, 7) is 0.429. The minimum absolute atomic E-state index is 0.110. The Kier molecular flexibility index (Phi) is 4.04. The SMILES string of the molecule is FC(F)(F)c1ccccc1NCCc1cccnc1. The maximum atomic E-state index is 12.7. The zero-order valence-electron chi connectivity index (χ0n) is 10.1. The molecule has 0 aliphatic carbocycles. The summed E-state index contributed by atoms with van der Waals surface area (Å²) < 4.78 is 38.2. The number of alkyl halides is 3. The van der Waals surface area contributed by atoms with Crippen molar-refractivity contribution in [3.05, 3.63) is 59.9 Å². The van der Waals surface area contributed by atoms with E-state index >= 15 is 0 Å². The third kappa shape index (κ3) is 3.71. The van der Waals surface area contributed by atoms with Gasteiger partial charge < -0.3 is 5.32 Å². The van der Waals surface area contributed by atoms with Crippen LogP contribution in [0.4, 0.5) is 18.9 Å². The summed E-state index contributed by atoms with van der Waals surface area (Å²) in [5, 5.41) is 2.82. The summed E-state index contributed by atoms with van der Waals surface area (Å²) in [4.78, 5) is 3.96. The van der Waals surface area contributed by atoms with E-state index in [0.717, 1.165) is 11.6 Å². The van der Waals surface area contributed by atoms with Gasteiger partial charge in [-0.3, -0.25) is 4.98 Å². The molecule has 0 bridgehead atoms. The highest BCUT2D eigenvalue weighted by Gasteiger charge is 2.32. The van der Waals surface area contributed by atoms with Gasteiger partial charge in [-0.25, -0.2) is 0 Å². The van der Waals surface area contributed by atoms with Crippen molar-refractivity contribution in [3.63, 3.8) is 0 Å². The summed E-state index contributed by atoms with van der Waals surface area (Å²) in [6.07, 6.45) is -0.342. The van der Waals surface area contributed by atoms with Gasteiger partial charge in [0.15, 0.2) is 0 Å². The van der Waals surface area contributed by atoms with Crippen molar-refractivity contribution in [3.8, 4) is 0 Å². The molecule has 100 valence electrons. The fourth-order valence-electron chi connectivity index (χ4n) is 1.77. The van der Waals surface area contributed by atoms with E-state index in [2.05, 4.69) is 10.3 Å². The second-order valence-electron chi connectivity index (χ2n) is 4.08. The molecular formula is C14H13F3N2. The number of para-hydroxylation sites is 1. The zero-order chi connectivity index (χ0) is 13.7. The highest BCUT2D eigenvalue weighted by molar-refractivity contribution is 5.52. The minimum atomic E-state index is -4.34. The van der Waals surface area contributed by atoms with Crippen LogP contribution in [0.3, 0.4) is 0 Å². The number of anilines is 1. The maximum absolute atomic E-state index is 12.7. The van der Waals surface area contributed by atoms with Crippen LogP contribution in [0.2, 0.25) is 0 Å². The van der Waals surface area contributed by atoms with Crippen molar-refractivity contribution in [1.29, 1.82) is 0 Å². The van der Waals surface area contributed by atoms with E-state index in [-0.39, 0.29) is 5.69 Å². The van der Waals surface area contributed by atoms with Gasteiger partial charge in [-0.05, 0) is 30.2 Å². The molecule has 2 rings (SSSR count). The summed E-state index contributed by atoms with van der Waals surface area (Å²) in [7, 11) is 0. The van der Waals surface area contributed by atoms with Gasteiger partial charge in [-0.2, -0.15) is 13.2 Å². The molecule has 0 atom stereocenters. The Bertz CT molecular complexity index is 524. The minimum Gasteiger partial charge on any atom is -0.384 e. The van der Waals surface area contributed by atoms with Crippen LogP contribution in [0, 0.1) is 0 Å². The first-order chi connectivity index (χ1) is 9.07. The Labute approximate surface area is 109 Å². The van der Waals surface area contributed by atoms with Gasteiger partial charge >= 0.3 is 6.18 Å². The van der Waals surface area contributed by atoms with Gasteiger partial charge in [0.05, 0.1) is 5.56 Å². The van der Waals surface area contributed by atoms with Crippen LogP contribution in [0.1, 0.15) is 11.1 Å². The lowest BCUT2D eigenvalue weighted by atomic mass is 10.1. The van der Waals surface area contributed by atoms with Gasteiger partial charge in [0, 0.05) is 24.6 Å². The number of halogens is 3. The standard InChI is InChI=1S/C14H13F3N2/c15-14(16,17)12-5-1-2-6-13(12)19-9-7-11-4-3-8-18-10-11/h1-6,8,10,19H,7,9H2. The molecule has 1 aromatic carbocycles. The molecule has 0 saturated heterocycles. The number of hydrogen-bond acceptors (Lipinski definition) is 2. The van der Waals surface area contributed by atoms with Crippen molar-refractivity contribution < 1.29 is 13.2 Å². The lowest BCUT2D eigenvalue weighted by Gasteiger charge is -2.14. The van der Waals surface area contributed by atoms with Crippen LogP contribution in [-0.2, 0) is 12.6 Å². The van der Waals surface area contributed by atoms with Crippen molar-refractivity contribution in [2.45, 2.75) is 12.6 Å². The van der Waals surface area contributed by atoms with Gasteiger partial charge in [-0.1, -0.05) is 18.2 Å². The summed E-state index contributed by atoms with van der Waals surface area (Å²) in [5.41, 5.74) is 0.458. The number of pyridine rings is 1. The van der Waals surface area contributed by atoms with Gasteiger partial charge in [0.25, 0.3) is 0 Å². The molecule has 0 unspecified atom stereocenters. The van der Waals surface area contributed by atoms with Crippen LogP contribution < -0.4 is 5.32 Å². The molecule has 0 spiro atoms. The molecule has 19 heavy (non-hydrogen) atoms. The largest absolute Gasteiger partial charge is 0.418 e. The second kappa shape index (κ2) is 5.73. The molecule has 1 aromatic heterocycles. The van der Waals surface area contributed by atoms with E-state index in [1.54, 1.807) is 24.5 Å². The third-order valence-electron chi connectivity index (χ3n) is 2.68. The van der Waals surface area contributed by atoms with Crippen molar-refractivity contribution >= 4 is 5.69 Å². The van der Waals surface area contributed by atoms with E-state index in [1.165, 1.54) is 12.1 Å². The molecule has 1 N–H and O–H groups in total. The lowest BCUT2D eigenvalue weighted by molar-refractivity contribution is -0.136. The topological polar surface area (TPSA) is 24.9 Å². The number of nitrogens with one attached hydrogen (secondary N) is 1. The van der Waals surface area contributed by atoms with Crippen molar-refractivity contribution in [1.82, 2.24) is 4.98 Å². The maximum Gasteiger partial charge on any atom is 0.418 e. The quantitative estimate of drug-likeness (QED) is 0.911. The Morgan fingerprint density at radius 2 is 1.84 bits per heavy atom. The first-order valence-electron chi connectivity index (χ1n) is 5.86.